The second-order valence-corrected chi connectivity index (χ2v) is 8.73. The Morgan fingerprint density at radius 1 is 1.06 bits per heavy atom. The lowest BCUT2D eigenvalue weighted by Gasteiger charge is -2.16. The molecular formula is C10H12ClNO4S2. The monoisotopic (exact) mass is 309 g/mol. The molecule has 0 bridgehead atoms. The lowest BCUT2D eigenvalue weighted by atomic mass is 10.4. The number of nitrogens with zero attached hydrogens (tertiary/aromatic N) is 1. The van der Waals surface area contributed by atoms with Gasteiger partial charge in [0.2, 0.25) is 10.0 Å². The molecule has 1 saturated carbocycles. The van der Waals surface area contributed by atoms with Gasteiger partial charge in [-0.1, -0.05) is 0 Å². The molecule has 0 unspecified atom stereocenters. The summed E-state index contributed by atoms with van der Waals surface area (Å²) in [5.74, 6) is 0. The maximum absolute atomic E-state index is 12.1. The van der Waals surface area contributed by atoms with Crippen molar-refractivity contribution in [3.63, 3.8) is 0 Å². The topological polar surface area (TPSA) is 71.5 Å². The number of hydrogen-bond acceptors (Lipinski definition) is 4. The van der Waals surface area contributed by atoms with E-state index in [0.29, 0.717) is 0 Å². The van der Waals surface area contributed by atoms with E-state index in [0.717, 1.165) is 12.8 Å². The van der Waals surface area contributed by atoms with Crippen LogP contribution in [-0.2, 0) is 19.1 Å². The SMILES string of the molecule is CN(C1CC1)S(=O)(=O)c1ccc(S(=O)(=O)Cl)cc1. The number of hydrogen-bond donors (Lipinski definition) is 0. The Labute approximate surface area is 111 Å². The van der Waals surface area contributed by atoms with Gasteiger partial charge in [-0.05, 0) is 37.1 Å². The third kappa shape index (κ3) is 2.69. The van der Waals surface area contributed by atoms with Crippen LogP contribution in [0.3, 0.4) is 0 Å². The summed E-state index contributed by atoms with van der Waals surface area (Å²) < 4.78 is 47.7. The van der Waals surface area contributed by atoms with E-state index < -0.39 is 19.1 Å². The molecule has 0 radical (unpaired) electrons. The van der Waals surface area contributed by atoms with E-state index in [9.17, 15) is 16.8 Å². The molecule has 1 fully saturated rings. The van der Waals surface area contributed by atoms with Crippen molar-refractivity contribution < 1.29 is 16.8 Å². The molecule has 0 spiro atoms. The quantitative estimate of drug-likeness (QED) is 0.788. The van der Waals surface area contributed by atoms with Crippen LogP contribution in [0.5, 0.6) is 0 Å². The predicted octanol–water partition coefficient (Wildman–Crippen LogP) is 1.40. The molecule has 1 aliphatic carbocycles. The van der Waals surface area contributed by atoms with Crippen LogP contribution in [0, 0.1) is 0 Å². The van der Waals surface area contributed by atoms with Gasteiger partial charge in [0, 0.05) is 23.8 Å². The second-order valence-electron chi connectivity index (χ2n) is 4.16. The van der Waals surface area contributed by atoms with E-state index in [1.54, 1.807) is 0 Å². The fraction of sp³-hybridized carbons (Fsp3) is 0.400. The van der Waals surface area contributed by atoms with E-state index in [1.807, 2.05) is 0 Å². The second kappa shape index (κ2) is 4.48. The van der Waals surface area contributed by atoms with E-state index >= 15 is 0 Å². The normalized spacial score (nSPS) is 17.1. The van der Waals surface area contributed by atoms with E-state index in [1.165, 1.54) is 35.6 Å². The number of rotatable bonds is 4. The molecule has 18 heavy (non-hydrogen) atoms. The van der Waals surface area contributed by atoms with Crippen LogP contribution < -0.4 is 0 Å². The van der Waals surface area contributed by atoms with Gasteiger partial charge in [0.15, 0.2) is 0 Å². The number of benzene rings is 1. The summed E-state index contributed by atoms with van der Waals surface area (Å²) in [6.45, 7) is 0. The maximum Gasteiger partial charge on any atom is 0.261 e. The highest BCUT2D eigenvalue weighted by Crippen LogP contribution is 2.30. The lowest BCUT2D eigenvalue weighted by Crippen LogP contribution is -2.28. The Balaban J connectivity index is 2.35. The fourth-order valence-corrected chi connectivity index (χ4v) is 3.76. The van der Waals surface area contributed by atoms with Crippen molar-refractivity contribution in [1.82, 2.24) is 4.31 Å². The molecule has 1 aliphatic rings. The first-order valence-corrected chi connectivity index (χ1v) is 9.00. The minimum atomic E-state index is -3.83. The molecule has 0 aromatic heterocycles. The molecule has 5 nitrogen and oxygen atoms in total. The van der Waals surface area contributed by atoms with Gasteiger partial charge in [0.25, 0.3) is 9.05 Å². The molecule has 0 heterocycles. The van der Waals surface area contributed by atoms with Crippen LogP contribution in [0.15, 0.2) is 34.1 Å². The van der Waals surface area contributed by atoms with E-state index in [4.69, 9.17) is 10.7 Å². The molecule has 0 atom stereocenters. The number of sulfonamides is 1. The Hall–Kier alpha value is -0.630. The highest BCUT2D eigenvalue weighted by molar-refractivity contribution is 8.13. The lowest BCUT2D eigenvalue weighted by molar-refractivity contribution is 0.464. The van der Waals surface area contributed by atoms with Crippen LogP contribution in [0.25, 0.3) is 0 Å². The van der Waals surface area contributed by atoms with Gasteiger partial charge in [-0.2, -0.15) is 4.31 Å². The standard InChI is InChI=1S/C10H12ClNO4S2/c1-12(8-2-3-8)18(15,16)10-6-4-9(5-7-10)17(11,13)14/h4-8H,2-3H2,1H3. The van der Waals surface area contributed by atoms with Crippen LogP contribution in [0.1, 0.15) is 12.8 Å². The van der Waals surface area contributed by atoms with Gasteiger partial charge >= 0.3 is 0 Å². The fourth-order valence-electron chi connectivity index (χ4n) is 1.57. The van der Waals surface area contributed by atoms with Crippen LogP contribution in [0.4, 0.5) is 0 Å². The zero-order valence-electron chi connectivity index (χ0n) is 9.58. The first kappa shape index (κ1) is 13.8. The minimum absolute atomic E-state index is 0.0615. The highest BCUT2D eigenvalue weighted by atomic mass is 35.7. The van der Waals surface area contributed by atoms with Crippen molar-refractivity contribution in [1.29, 1.82) is 0 Å². The Morgan fingerprint density at radius 2 is 1.50 bits per heavy atom. The average Bonchev–Trinajstić information content (AvgIpc) is 3.11. The summed E-state index contributed by atoms with van der Waals surface area (Å²) in [4.78, 5) is -0.0434. The molecular weight excluding hydrogens is 298 g/mol. The first-order chi connectivity index (χ1) is 8.23. The molecule has 100 valence electrons. The Kier molecular flexibility index (Phi) is 3.44. The van der Waals surface area contributed by atoms with E-state index in [-0.39, 0.29) is 15.8 Å². The third-order valence-corrected chi connectivity index (χ3v) is 6.14. The number of halogens is 1. The maximum atomic E-state index is 12.1. The van der Waals surface area contributed by atoms with Gasteiger partial charge in [-0.3, -0.25) is 0 Å². The van der Waals surface area contributed by atoms with Crippen molar-refractivity contribution >= 4 is 29.8 Å². The van der Waals surface area contributed by atoms with Crippen LogP contribution in [0.2, 0.25) is 0 Å². The zero-order chi connectivity index (χ0) is 13.6. The smallest absolute Gasteiger partial charge is 0.207 e. The van der Waals surface area contributed by atoms with Gasteiger partial charge < -0.3 is 0 Å². The molecule has 0 N–H and O–H groups in total. The van der Waals surface area contributed by atoms with Gasteiger partial charge in [0.05, 0.1) is 9.79 Å². The van der Waals surface area contributed by atoms with Crippen molar-refractivity contribution in [3.05, 3.63) is 24.3 Å². The van der Waals surface area contributed by atoms with Crippen molar-refractivity contribution in [2.75, 3.05) is 7.05 Å². The highest BCUT2D eigenvalue weighted by Gasteiger charge is 2.35. The van der Waals surface area contributed by atoms with Gasteiger partial charge in [-0.15, -0.1) is 0 Å². The minimum Gasteiger partial charge on any atom is -0.207 e. The van der Waals surface area contributed by atoms with Crippen LogP contribution >= 0.6 is 10.7 Å². The third-order valence-electron chi connectivity index (χ3n) is 2.84. The first-order valence-electron chi connectivity index (χ1n) is 5.26. The summed E-state index contributed by atoms with van der Waals surface area (Å²) in [5.41, 5.74) is 0. The molecule has 0 aliphatic heterocycles. The molecule has 8 heteroatoms. The van der Waals surface area contributed by atoms with Crippen molar-refractivity contribution in [2.45, 2.75) is 28.7 Å². The van der Waals surface area contributed by atoms with Crippen molar-refractivity contribution in [3.8, 4) is 0 Å². The molecule has 0 amide bonds. The molecule has 1 aromatic rings. The molecule has 1 aromatic carbocycles. The zero-order valence-corrected chi connectivity index (χ0v) is 12.0. The molecule has 0 saturated heterocycles. The largest absolute Gasteiger partial charge is 0.261 e. The summed E-state index contributed by atoms with van der Waals surface area (Å²) in [5, 5.41) is 0. The van der Waals surface area contributed by atoms with Gasteiger partial charge in [-0.25, -0.2) is 16.8 Å². The predicted molar refractivity (Wildman–Crippen MR) is 67.5 cm³/mol. The van der Waals surface area contributed by atoms with E-state index in [2.05, 4.69) is 0 Å². The van der Waals surface area contributed by atoms with Gasteiger partial charge in [0.1, 0.15) is 0 Å². The summed E-state index contributed by atoms with van der Waals surface area (Å²) in [6, 6.07) is 4.95. The Bertz CT molecular complexity index is 648. The average molecular weight is 310 g/mol. The van der Waals surface area contributed by atoms with Crippen molar-refractivity contribution in [2.24, 2.45) is 0 Å². The summed E-state index contributed by atoms with van der Waals surface area (Å²) in [6.07, 6.45) is 1.73. The summed E-state index contributed by atoms with van der Waals surface area (Å²) in [7, 11) is -0.681. The van der Waals surface area contributed by atoms with Crippen LogP contribution in [-0.4, -0.2) is 34.2 Å². The Morgan fingerprint density at radius 3 is 1.89 bits per heavy atom. The summed E-state index contributed by atoms with van der Waals surface area (Å²) >= 11 is 0. The molecule has 2 rings (SSSR count).